The van der Waals surface area contributed by atoms with Crippen molar-refractivity contribution in [3.05, 3.63) is 190 Å². The molecule has 0 heterocycles. The SMILES string of the molecule is O=C(O)c1cc(C#Cc2ccccc2-c2ccccc2)cc(C(c2cc(C#Cc3ccccc3-c3ccccc3)cc(C(=O)O)c2)(C(F)(F)F)C(F)(F)F)c1. The van der Waals surface area contributed by atoms with Gasteiger partial charge in [-0.15, -0.1) is 0 Å². The Labute approximate surface area is 311 Å². The molecule has 272 valence electrons. The summed E-state index contributed by atoms with van der Waals surface area (Å²) in [6.45, 7) is 0. The van der Waals surface area contributed by atoms with E-state index >= 15 is 26.3 Å². The zero-order valence-corrected chi connectivity index (χ0v) is 28.3. The molecule has 10 heteroatoms. The number of hydrogen-bond acceptors (Lipinski definition) is 2. The van der Waals surface area contributed by atoms with Crippen molar-refractivity contribution in [1.29, 1.82) is 0 Å². The van der Waals surface area contributed by atoms with Gasteiger partial charge >= 0.3 is 24.3 Å². The van der Waals surface area contributed by atoms with Gasteiger partial charge in [0.05, 0.1) is 11.1 Å². The van der Waals surface area contributed by atoms with E-state index in [1.165, 1.54) is 0 Å². The Hall–Kier alpha value is -7.04. The molecule has 0 aliphatic carbocycles. The van der Waals surface area contributed by atoms with Crippen LogP contribution in [0.3, 0.4) is 0 Å². The smallest absolute Gasteiger partial charge is 0.411 e. The number of carboxylic acids is 2. The molecule has 0 aliphatic heterocycles. The van der Waals surface area contributed by atoms with E-state index in [9.17, 15) is 19.8 Å². The number of aromatic carboxylic acids is 2. The summed E-state index contributed by atoms with van der Waals surface area (Å²) in [5.41, 5.74) is -7.22. The molecule has 6 aromatic rings. The number of hydrogen-bond donors (Lipinski definition) is 2. The molecular weight excluding hydrogens is 718 g/mol. The maximum atomic E-state index is 15.5. The summed E-state index contributed by atoms with van der Waals surface area (Å²) in [7, 11) is 0. The Morgan fingerprint density at radius 3 is 1.13 bits per heavy atom. The molecule has 4 nitrogen and oxygen atoms in total. The highest BCUT2D eigenvalue weighted by Crippen LogP contribution is 2.56. The van der Waals surface area contributed by atoms with Crippen molar-refractivity contribution in [2.45, 2.75) is 17.8 Å². The van der Waals surface area contributed by atoms with E-state index in [1.54, 1.807) is 109 Å². The Kier molecular flexibility index (Phi) is 10.4. The highest BCUT2D eigenvalue weighted by molar-refractivity contribution is 5.90. The summed E-state index contributed by atoms with van der Waals surface area (Å²) in [4.78, 5) is 24.4. The minimum atomic E-state index is -6.19. The van der Waals surface area contributed by atoms with Crippen molar-refractivity contribution >= 4 is 11.9 Å². The molecule has 0 atom stereocenters. The lowest BCUT2D eigenvalue weighted by atomic mass is 9.71. The largest absolute Gasteiger partial charge is 0.478 e. The van der Waals surface area contributed by atoms with Crippen molar-refractivity contribution in [3.63, 3.8) is 0 Å². The van der Waals surface area contributed by atoms with Gasteiger partial charge in [-0.05, 0) is 81.9 Å². The fourth-order valence-corrected chi connectivity index (χ4v) is 6.26. The molecule has 0 saturated carbocycles. The topological polar surface area (TPSA) is 74.6 Å². The third kappa shape index (κ3) is 7.71. The molecule has 0 unspecified atom stereocenters. The highest BCUT2D eigenvalue weighted by atomic mass is 19.4. The van der Waals surface area contributed by atoms with Crippen LogP contribution >= 0.6 is 0 Å². The quantitative estimate of drug-likeness (QED) is 0.132. The zero-order chi connectivity index (χ0) is 39.4. The van der Waals surface area contributed by atoms with Crippen LogP contribution < -0.4 is 0 Å². The van der Waals surface area contributed by atoms with Crippen molar-refractivity contribution in [1.82, 2.24) is 0 Å². The van der Waals surface area contributed by atoms with E-state index < -0.39 is 63.1 Å². The van der Waals surface area contributed by atoms with Crippen LogP contribution in [0.15, 0.2) is 146 Å². The number of carboxylic acid groups (broad SMARTS) is 2. The van der Waals surface area contributed by atoms with Gasteiger partial charge in [0.1, 0.15) is 0 Å². The summed E-state index contributed by atoms with van der Waals surface area (Å²) < 4.78 is 92.8. The van der Waals surface area contributed by atoms with E-state index in [2.05, 4.69) is 23.7 Å². The van der Waals surface area contributed by atoms with E-state index in [4.69, 9.17) is 0 Å². The monoisotopic (exact) mass is 744 g/mol. The van der Waals surface area contributed by atoms with Crippen LogP contribution in [0.2, 0.25) is 0 Å². The fraction of sp³-hybridized carbons (Fsp3) is 0.0667. The highest BCUT2D eigenvalue weighted by Gasteiger charge is 2.72. The lowest BCUT2D eigenvalue weighted by molar-refractivity contribution is -0.288. The van der Waals surface area contributed by atoms with E-state index in [-0.39, 0.29) is 12.1 Å². The van der Waals surface area contributed by atoms with Crippen LogP contribution in [-0.2, 0) is 5.41 Å². The molecule has 6 aromatic carbocycles. The van der Waals surface area contributed by atoms with Gasteiger partial charge in [0.15, 0.2) is 0 Å². The number of halogens is 6. The summed E-state index contributed by atoms with van der Waals surface area (Å²) in [5.74, 6) is 7.06. The molecule has 0 amide bonds. The second-order valence-corrected chi connectivity index (χ2v) is 12.3. The Morgan fingerprint density at radius 2 is 0.782 bits per heavy atom. The van der Waals surface area contributed by atoms with Crippen LogP contribution in [-0.4, -0.2) is 34.5 Å². The average Bonchev–Trinajstić information content (AvgIpc) is 3.16. The number of rotatable bonds is 6. The second-order valence-electron chi connectivity index (χ2n) is 12.3. The van der Waals surface area contributed by atoms with Crippen molar-refractivity contribution < 1.29 is 46.1 Å². The maximum absolute atomic E-state index is 15.5. The third-order valence-corrected chi connectivity index (χ3v) is 8.78. The first-order valence-corrected chi connectivity index (χ1v) is 16.4. The minimum Gasteiger partial charge on any atom is -0.478 e. The van der Waals surface area contributed by atoms with Gasteiger partial charge in [0.25, 0.3) is 0 Å². The number of benzene rings is 6. The van der Waals surface area contributed by atoms with Gasteiger partial charge in [-0.2, -0.15) is 26.3 Å². The Morgan fingerprint density at radius 1 is 0.436 bits per heavy atom. The van der Waals surface area contributed by atoms with Gasteiger partial charge in [-0.25, -0.2) is 9.59 Å². The minimum absolute atomic E-state index is 0.279. The normalized spacial score (nSPS) is 11.5. The predicted octanol–water partition coefficient (Wildman–Crippen LogP) is 10.6. The second kappa shape index (κ2) is 15.1. The lowest BCUT2D eigenvalue weighted by Gasteiger charge is -2.38. The molecule has 0 saturated heterocycles. The van der Waals surface area contributed by atoms with Crippen molar-refractivity contribution in [2.24, 2.45) is 0 Å². The Bertz CT molecular complexity index is 2360. The summed E-state index contributed by atoms with van der Waals surface area (Å²) in [6.07, 6.45) is -12.4. The number of alkyl halides is 6. The van der Waals surface area contributed by atoms with Crippen LogP contribution in [0.1, 0.15) is 54.1 Å². The van der Waals surface area contributed by atoms with Gasteiger partial charge < -0.3 is 10.2 Å². The summed E-state index contributed by atoms with van der Waals surface area (Å²) >= 11 is 0. The van der Waals surface area contributed by atoms with E-state index in [0.29, 0.717) is 34.4 Å². The van der Waals surface area contributed by atoms with Crippen molar-refractivity contribution in [3.8, 4) is 45.9 Å². The molecule has 55 heavy (non-hydrogen) atoms. The fourth-order valence-electron chi connectivity index (χ4n) is 6.26. The standard InChI is InChI=1S/C45H26F6O4/c46-44(47,48)43(45(49,50)51,37-25-29(23-35(27-37)41(52)53)19-21-33-15-7-9-17-39(33)31-11-3-1-4-12-31)38-26-30(24-36(28-38)42(54)55)20-22-34-16-8-10-18-40(34)32-13-5-2-6-14-32/h1-18,23-28H,(H,52,53)(H,54,55). The molecule has 0 aliphatic rings. The van der Waals surface area contributed by atoms with Gasteiger partial charge in [0, 0.05) is 22.3 Å². The summed E-state index contributed by atoms with van der Waals surface area (Å²) in [6, 6.07) is 34.6. The van der Waals surface area contributed by atoms with Crippen LogP contribution in [0.4, 0.5) is 26.3 Å². The van der Waals surface area contributed by atoms with E-state index in [1.807, 2.05) is 0 Å². The maximum Gasteiger partial charge on any atom is 0.411 e. The predicted molar refractivity (Wildman–Crippen MR) is 195 cm³/mol. The first kappa shape index (κ1) is 37.7. The first-order chi connectivity index (χ1) is 26.2. The molecular formula is C45H26F6O4. The van der Waals surface area contributed by atoms with Crippen LogP contribution in [0.5, 0.6) is 0 Å². The third-order valence-electron chi connectivity index (χ3n) is 8.78. The molecule has 0 radical (unpaired) electrons. The Balaban J connectivity index is 1.58. The van der Waals surface area contributed by atoms with Crippen LogP contribution in [0.25, 0.3) is 22.3 Å². The van der Waals surface area contributed by atoms with Gasteiger partial charge in [0.2, 0.25) is 5.41 Å². The van der Waals surface area contributed by atoms with E-state index in [0.717, 1.165) is 23.3 Å². The molecule has 0 aromatic heterocycles. The number of carbonyl (C=O) groups is 2. The molecule has 0 bridgehead atoms. The molecule has 0 fully saturated rings. The molecule has 2 N–H and O–H groups in total. The van der Waals surface area contributed by atoms with Crippen molar-refractivity contribution in [2.75, 3.05) is 0 Å². The van der Waals surface area contributed by atoms with Crippen LogP contribution in [0, 0.1) is 23.7 Å². The summed E-state index contributed by atoms with van der Waals surface area (Å²) in [5, 5.41) is 19.8. The molecule has 0 spiro atoms. The molecule has 6 rings (SSSR count). The first-order valence-electron chi connectivity index (χ1n) is 16.4. The van der Waals surface area contributed by atoms with Gasteiger partial charge in [-0.3, -0.25) is 0 Å². The average molecular weight is 745 g/mol. The lowest BCUT2D eigenvalue weighted by Crippen LogP contribution is -2.55. The van der Waals surface area contributed by atoms with Gasteiger partial charge in [-0.1, -0.05) is 121 Å². The zero-order valence-electron chi connectivity index (χ0n) is 28.3.